The van der Waals surface area contributed by atoms with Crippen molar-refractivity contribution in [1.29, 1.82) is 0 Å². The monoisotopic (exact) mass is 284 g/mol. The molecular formula is C17H20N2O2. The predicted octanol–water partition coefficient (Wildman–Crippen LogP) is 2.87. The summed E-state index contributed by atoms with van der Waals surface area (Å²) >= 11 is 0. The summed E-state index contributed by atoms with van der Waals surface area (Å²) in [5.41, 5.74) is 0. The minimum atomic E-state index is 0.177. The highest BCUT2D eigenvalue weighted by Crippen LogP contribution is 2.26. The molecule has 2 aromatic rings. The van der Waals surface area contributed by atoms with Gasteiger partial charge in [0, 0.05) is 43.2 Å². The number of ether oxygens (including phenoxy) is 1. The van der Waals surface area contributed by atoms with Gasteiger partial charge in [0.25, 0.3) is 0 Å². The molecule has 0 spiro atoms. The van der Waals surface area contributed by atoms with Gasteiger partial charge in [-0.3, -0.25) is 9.78 Å². The first-order valence-corrected chi connectivity index (χ1v) is 7.45. The number of rotatable bonds is 3. The molecule has 4 nitrogen and oxygen atoms in total. The number of nitrogens with zero attached hydrogens (tertiary/aromatic N) is 2. The van der Waals surface area contributed by atoms with Crippen LogP contribution < -0.4 is 4.74 Å². The number of hydrogen-bond donors (Lipinski definition) is 0. The number of pyridine rings is 1. The van der Waals surface area contributed by atoms with Crippen LogP contribution >= 0.6 is 0 Å². The molecule has 1 aliphatic heterocycles. The maximum atomic E-state index is 11.3. The van der Waals surface area contributed by atoms with Crippen LogP contribution in [0.2, 0.25) is 0 Å². The fourth-order valence-corrected chi connectivity index (χ4v) is 2.84. The van der Waals surface area contributed by atoms with Crippen LogP contribution in [0.25, 0.3) is 10.8 Å². The topological polar surface area (TPSA) is 42.4 Å². The lowest BCUT2D eigenvalue weighted by molar-refractivity contribution is -0.130. The SMILES string of the molecule is CC(=O)N1CCC(COc2cccc3cnccc23)CC1. The summed E-state index contributed by atoms with van der Waals surface area (Å²) in [6.07, 6.45) is 5.69. The van der Waals surface area contributed by atoms with Crippen LogP contribution in [-0.4, -0.2) is 35.5 Å². The van der Waals surface area contributed by atoms with E-state index in [1.54, 1.807) is 13.1 Å². The molecule has 2 heterocycles. The van der Waals surface area contributed by atoms with Crippen molar-refractivity contribution >= 4 is 16.7 Å². The van der Waals surface area contributed by atoms with Gasteiger partial charge in [0.05, 0.1) is 6.61 Å². The quantitative estimate of drug-likeness (QED) is 0.870. The lowest BCUT2D eigenvalue weighted by atomic mass is 9.98. The third kappa shape index (κ3) is 3.15. The third-order valence-corrected chi connectivity index (χ3v) is 4.18. The Kier molecular flexibility index (Phi) is 4.04. The van der Waals surface area contributed by atoms with Crippen molar-refractivity contribution in [2.75, 3.05) is 19.7 Å². The normalized spacial score (nSPS) is 16.1. The summed E-state index contributed by atoms with van der Waals surface area (Å²) in [5, 5.41) is 2.20. The molecule has 0 aliphatic carbocycles. The van der Waals surface area contributed by atoms with Crippen molar-refractivity contribution in [3.05, 3.63) is 36.7 Å². The average Bonchev–Trinajstić information content (AvgIpc) is 2.53. The fourth-order valence-electron chi connectivity index (χ4n) is 2.84. The fraction of sp³-hybridized carbons (Fsp3) is 0.412. The molecule has 0 N–H and O–H groups in total. The Labute approximate surface area is 124 Å². The highest BCUT2D eigenvalue weighted by Gasteiger charge is 2.21. The van der Waals surface area contributed by atoms with Crippen molar-refractivity contribution in [3.63, 3.8) is 0 Å². The second kappa shape index (κ2) is 6.12. The van der Waals surface area contributed by atoms with Crippen LogP contribution in [0.15, 0.2) is 36.7 Å². The predicted molar refractivity (Wildman–Crippen MR) is 82.2 cm³/mol. The molecule has 1 saturated heterocycles. The van der Waals surface area contributed by atoms with Crippen molar-refractivity contribution in [2.45, 2.75) is 19.8 Å². The Morgan fingerprint density at radius 2 is 2.14 bits per heavy atom. The molecule has 4 heteroatoms. The van der Waals surface area contributed by atoms with E-state index in [2.05, 4.69) is 4.98 Å². The van der Waals surface area contributed by atoms with Gasteiger partial charge < -0.3 is 9.64 Å². The largest absolute Gasteiger partial charge is 0.493 e. The molecule has 110 valence electrons. The van der Waals surface area contributed by atoms with Crippen LogP contribution in [0.5, 0.6) is 5.75 Å². The summed E-state index contributed by atoms with van der Waals surface area (Å²) in [4.78, 5) is 17.4. The summed E-state index contributed by atoms with van der Waals surface area (Å²) in [7, 11) is 0. The van der Waals surface area contributed by atoms with Crippen LogP contribution in [0.4, 0.5) is 0 Å². The Bertz CT molecular complexity index is 628. The summed E-state index contributed by atoms with van der Waals surface area (Å²) in [6, 6.07) is 8.04. The number of amides is 1. The van der Waals surface area contributed by atoms with Crippen molar-refractivity contribution in [3.8, 4) is 5.75 Å². The Morgan fingerprint density at radius 3 is 2.90 bits per heavy atom. The van der Waals surface area contributed by atoms with Crippen LogP contribution in [-0.2, 0) is 4.79 Å². The lowest BCUT2D eigenvalue weighted by Crippen LogP contribution is -2.38. The average molecular weight is 284 g/mol. The van der Waals surface area contributed by atoms with Crippen molar-refractivity contribution < 1.29 is 9.53 Å². The second-order valence-corrected chi connectivity index (χ2v) is 5.61. The molecule has 0 bridgehead atoms. The molecule has 3 rings (SSSR count). The number of benzene rings is 1. The number of piperidine rings is 1. The van der Waals surface area contributed by atoms with Gasteiger partial charge in [-0.05, 0) is 30.9 Å². The van der Waals surface area contributed by atoms with Gasteiger partial charge in [-0.1, -0.05) is 12.1 Å². The molecule has 0 radical (unpaired) electrons. The third-order valence-electron chi connectivity index (χ3n) is 4.18. The van der Waals surface area contributed by atoms with Gasteiger partial charge in [-0.2, -0.15) is 0 Å². The maximum Gasteiger partial charge on any atom is 0.219 e. The zero-order chi connectivity index (χ0) is 14.7. The Morgan fingerprint density at radius 1 is 1.33 bits per heavy atom. The smallest absolute Gasteiger partial charge is 0.219 e. The highest BCUT2D eigenvalue weighted by molar-refractivity contribution is 5.87. The first-order chi connectivity index (χ1) is 10.2. The number of hydrogen-bond acceptors (Lipinski definition) is 3. The van der Waals surface area contributed by atoms with E-state index in [-0.39, 0.29) is 5.91 Å². The molecule has 1 fully saturated rings. The van der Waals surface area contributed by atoms with E-state index in [1.165, 1.54) is 0 Å². The number of aromatic nitrogens is 1. The van der Waals surface area contributed by atoms with Crippen LogP contribution in [0.3, 0.4) is 0 Å². The molecule has 0 unspecified atom stereocenters. The number of carbonyl (C=O) groups excluding carboxylic acids is 1. The van der Waals surface area contributed by atoms with Gasteiger partial charge in [0.1, 0.15) is 5.75 Å². The first kappa shape index (κ1) is 13.9. The van der Waals surface area contributed by atoms with Crippen molar-refractivity contribution in [2.24, 2.45) is 5.92 Å². The molecule has 1 aromatic carbocycles. The summed E-state index contributed by atoms with van der Waals surface area (Å²) in [5.74, 6) is 1.62. The number of carbonyl (C=O) groups is 1. The van der Waals surface area contributed by atoms with Crippen LogP contribution in [0, 0.1) is 5.92 Å². The Balaban J connectivity index is 1.61. The molecule has 1 aromatic heterocycles. The van der Waals surface area contributed by atoms with E-state index in [4.69, 9.17) is 4.74 Å². The van der Waals surface area contributed by atoms with Crippen LogP contribution in [0.1, 0.15) is 19.8 Å². The second-order valence-electron chi connectivity index (χ2n) is 5.61. The van der Waals surface area contributed by atoms with Gasteiger partial charge in [0.15, 0.2) is 0 Å². The van der Waals surface area contributed by atoms with Gasteiger partial charge in [0.2, 0.25) is 5.91 Å². The van der Waals surface area contributed by atoms with Gasteiger partial charge in [-0.25, -0.2) is 0 Å². The van der Waals surface area contributed by atoms with Gasteiger partial charge in [-0.15, -0.1) is 0 Å². The van der Waals surface area contributed by atoms with Crippen molar-refractivity contribution in [1.82, 2.24) is 9.88 Å². The standard InChI is InChI=1S/C17H20N2O2/c1-13(20)19-9-6-14(7-10-19)12-21-17-4-2-3-15-11-18-8-5-16(15)17/h2-5,8,11,14H,6-7,9-10,12H2,1H3. The molecule has 1 amide bonds. The first-order valence-electron chi connectivity index (χ1n) is 7.45. The van der Waals surface area contributed by atoms with E-state index in [9.17, 15) is 4.79 Å². The highest BCUT2D eigenvalue weighted by atomic mass is 16.5. The zero-order valence-electron chi connectivity index (χ0n) is 12.3. The summed E-state index contributed by atoms with van der Waals surface area (Å²) < 4.78 is 6.02. The Hall–Kier alpha value is -2.10. The number of likely N-dealkylation sites (tertiary alicyclic amines) is 1. The minimum absolute atomic E-state index is 0.177. The lowest BCUT2D eigenvalue weighted by Gasteiger charge is -2.31. The van der Waals surface area contributed by atoms with E-state index < -0.39 is 0 Å². The molecule has 21 heavy (non-hydrogen) atoms. The molecule has 0 atom stereocenters. The number of fused-ring (bicyclic) bond motifs is 1. The van der Waals surface area contributed by atoms with E-state index in [0.717, 1.165) is 42.5 Å². The molecule has 1 aliphatic rings. The maximum absolute atomic E-state index is 11.3. The molecular weight excluding hydrogens is 264 g/mol. The van der Waals surface area contributed by atoms with E-state index in [0.29, 0.717) is 12.5 Å². The van der Waals surface area contributed by atoms with E-state index >= 15 is 0 Å². The van der Waals surface area contributed by atoms with E-state index in [1.807, 2.05) is 35.4 Å². The van der Waals surface area contributed by atoms with Gasteiger partial charge >= 0.3 is 0 Å². The molecule has 0 saturated carbocycles. The zero-order valence-corrected chi connectivity index (χ0v) is 12.3. The summed E-state index contributed by atoms with van der Waals surface area (Å²) in [6.45, 7) is 4.06. The minimum Gasteiger partial charge on any atom is -0.493 e.